The maximum absolute atomic E-state index is 12.9. The van der Waals surface area contributed by atoms with Gasteiger partial charge in [-0.25, -0.2) is 4.39 Å². The number of halogens is 1. The lowest BCUT2D eigenvalue weighted by Crippen LogP contribution is -1.94. The second kappa shape index (κ2) is 6.86. The number of thioether (sulfide) groups is 1. The van der Waals surface area contributed by atoms with Gasteiger partial charge in [0, 0.05) is 11.8 Å². The standard InChI is InChI=1S/C13H16FN3S2/c1-3-11(9-5-7-10(14)8-6-9)18-13-17-16-12(19-13)15-4-2/h5-8,11H,3-4H2,1-2H3,(H,15,16)/t11-/m0/s1. The molecule has 0 bridgehead atoms. The van der Waals surface area contributed by atoms with Crippen molar-refractivity contribution in [1.82, 2.24) is 10.2 Å². The number of benzene rings is 1. The molecule has 6 heteroatoms. The predicted octanol–water partition coefficient (Wildman–Crippen LogP) is 4.35. The number of anilines is 1. The molecule has 0 aliphatic heterocycles. The van der Waals surface area contributed by atoms with E-state index in [-0.39, 0.29) is 11.1 Å². The highest BCUT2D eigenvalue weighted by Crippen LogP contribution is 2.39. The van der Waals surface area contributed by atoms with E-state index in [1.807, 2.05) is 19.1 Å². The molecule has 0 amide bonds. The summed E-state index contributed by atoms with van der Waals surface area (Å²) in [5.41, 5.74) is 1.12. The Morgan fingerprint density at radius 1 is 1.26 bits per heavy atom. The van der Waals surface area contributed by atoms with Crippen LogP contribution in [0, 0.1) is 5.82 Å². The van der Waals surface area contributed by atoms with Crippen LogP contribution in [0.4, 0.5) is 9.52 Å². The maximum Gasteiger partial charge on any atom is 0.206 e. The molecule has 0 aliphatic carbocycles. The van der Waals surface area contributed by atoms with E-state index in [4.69, 9.17) is 0 Å². The number of hydrogen-bond donors (Lipinski definition) is 1. The van der Waals surface area contributed by atoms with Crippen molar-refractivity contribution in [1.29, 1.82) is 0 Å². The molecule has 0 fully saturated rings. The van der Waals surface area contributed by atoms with Crippen LogP contribution in [-0.4, -0.2) is 16.7 Å². The second-order valence-corrected chi connectivity index (χ2v) is 6.40. The minimum Gasteiger partial charge on any atom is -0.360 e. The summed E-state index contributed by atoms with van der Waals surface area (Å²) >= 11 is 3.23. The van der Waals surface area contributed by atoms with Crippen molar-refractivity contribution < 1.29 is 4.39 Å². The van der Waals surface area contributed by atoms with E-state index in [0.717, 1.165) is 28.0 Å². The summed E-state index contributed by atoms with van der Waals surface area (Å²) in [6.07, 6.45) is 0.965. The molecule has 102 valence electrons. The van der Waals surface area contributed by atoms with Gasteiger partial charge in [-0.3, -0.25) is 0 Å². The Kier molecular flexibility index (Phi) is 5.15. The Balaban J connectivity index is 2.07. The first-order valence-corrected chi connectivity index (χ1v) is 7.92. The third-order valence-corrected chi connectivity index (χ3v) is 4.98. The first kappa shape index (κ1) is 14.3. The molecule has 19 heavy (non-hydrogen) atoms. The van der Waals surface area contributed by atoms with Crippen LogP contribution in [-0.2, 0) is 0 Å². The van der Waals surface area contributed by atoms with E-state index < -0.39 is 0 Å². The lowest BCUT2D eigenvalue weighted by molar-refractivity contribution is 0.626. The highest BCUT2D eigenvalue weighted by atomic mass is 32.2. The van der Waals surface area contributed by atoms with E-state index in [9.17, 15) is 4.39 Å². The summed E-state index contributed by atoms with van der Waals surface area (Å²) in [5.74, 6) is -0.200. The van der Waals surface area contributed by atoms with Gasteiger partial charge in [0.25, 0.3) is 0 Å². The van der Waals surface area contributed by atoms with Crippen LogP contribution in [0.15, 0.2) is 28.6 Å². The van der Waals surface area contributed by atoms with Crippen molar-refractivity contribution in [2.24, 2.45) is 0 Å². The molecular weight excluding hydrogens is 281 g/mol. The number of hydrogen-bond acceptors (Lipinski definition) is 5. The fourth-order valence-electron chi connectivity index (χ4n) is 1.67. The van der Waals surface area contributed by atoms with Gasteiger partial charge in [-0.05, 0) is 31.0 Å². The molecule has 0 radical (unpaired) electrons. The third kappa shape index (κ3) is 3.91. The Bertz CT molecular complexity index is 513. The highest BCUT2D eigenvalue weighted by Gasteiger charge is 2.14. The number of rotatable bonds is 6. The zero-order chi connectivity index (χ0) is 13.7. The number of nitrogens with one attached hydrogen (secondary N) is 1. The van der Waals surface area contributed by atoms with Crippen LogP contribution in [0.3, 0.4) is 0 Å². The minimum absolute atomic E-state index is 0.200. The van der Waals surface area contributed by atoms with Crippen molar-refractivity contribution in [3.05, 3.63) is 35.6 Å². The number of aromatic nitrogens is 2. The SMILES string of the molecule is CCNc1nnc(S[C@@H](CC)c2ccc(F)cc2)s1. The second-order valence-electron chi connectivity index (χ2n) is 3.97. The number of nitrogens with zero attached hydrogens (tertiary/aromatic N) is 2. The first-order chi connectivity index (χ1) is 9.22. The summed E-state index contributed by atoms with van der Waals surface area (Å²) in [6, 6.07) is 6.68. The molecule has 2 aromatic rings. The summed E-state index contributed by atoms with van der Waals surface area (Å²) in [6.45, 7) is 4.99. The van der Waals surface area contributed by atoms with Gasteiger partial charge in [-0.1, -0.05) is 42.2 Å². The predicted molar refractivity (Wildman–Crippen MR) is 79.4 cm³/mol. The van der Waals surface area contributed by atoms with Crippen molar-refractivity contribution in [3.63, 3.8) is 0 Å². The van der Waals surface area contributed by atoms with Gasteiger partial charge in [0.2, 0.25) is 5.13 Å². The molecule has 0 aliphatic rings. The lowest BCUT2D eigenvalue weighted by atomic mass is 10.1. The van der Waals surface area contributed by atoms with Crippen LogP contribution in [0.2, 0.25) is 0 Å². The Morgan fingerprint density at radius 2 is 2.00 bits per heavy atom. The normalized spacial score (nSPS) is 12.4. The van der Waals surface area contributed by atoms with Gasteiger partial charge in [-0.2, -0.15) is 0 Å². The third-order valence-electron chi connectivity index (χ3n) is 2.59. The molecule has 1 N–H and O–H groups in total. The zero-order valence-corrected chi connectivity index (χ0v) is 12.5. The van der Waals surface area contributed by atoms with Crippen LogP contribution in [0.5, 0.6) is 0 Å². The Morgan fingerprint density at radius 3 is 2.63 bits per heavy atom. The lowest BCUT2D eigenvalue weighted by Gasteiger charge is -2.12. The van der Waals surface area contributed by atoms with Crippen molar-refractivity contribution in [2.75, 3.05) is 11.9 Å². The topological polar surface area (TPSA) is 37.8 Å². The van der Waals surface area contributed by atoms with E-state index in [0.29, 0.717) is 0 Å². The minimum atomic E-state index is -0.200. The van der Waals surface area contributed by atoms with Crippen LogP contribution < -0.4 is 5.32 Å². The van der Waals surface area contributed by atoms with E-state index in [1.165, 1.54) is 12.1 Å². The molecule has 0 spiro atoms. The average Bonchev–Trinajstić information content (AvgIpc) is 2.85. The van der Waals surface area contributed by atoms with Gasteiger partial charge in [0.1, 0.15) is 5.82 Å². The molecule has 1 aromatic carbocycles. The molecule has 1 aromatic heterocycles. The van der Waals surface area contributed by atoms with Crippen LogP contribution >= 0.6 is 23.1 Å². The van der Waals surface area contributed by atoms with Gasteiger partial charge < -0.3 is 5.32 Å². The van der Waals surface area contributed by atoms with Crippen LogP contribution in [0.25, 0.3) is 0 Å². The van der Waals surface area contributed by atoms with E-state index in [1.54, 1.807) is 23.1 Å². The molecule has 3 nitrogen and oxygen atoms in total. The van der Waals surface area contributed by atoms with Crippen molar-refractivity contribution >= 4 is 28.2 Å². The highest BCUT2D eigenvalue weighted by molar-refractivity contribution is 8.01. The zero-order valence-electron chi connectivity index (χ0n) is 10.9. The van der Waals surface area contributed by atoms with Gasteiger partial charge in [0.05, 0.1) is 0 Å². The van der Waals surface area contributed by atoms with Crippen molar-refractivity contribution in [2.45, 2.75) is 29.9 Å². The largest absolute Gasteiger partial charge is 0.360 e. The van der Waals surface area contributed by atoms with Gasteiger partial charge >= 0.3 is 0 Å². The molecular formula is C13H16FN3S2. The maximum atomic E-state index is 12.9. The fraction of sp³-hybridized carbons (Fsp3) is 0.385. The monoisotopic (exact) mass is 297 g/mol. The quantitative estimate of drug-likeness (QED) is 0.804. The summed E-state index contributed by atoms with van der Waals surface area (Å²) in [7, 11) is 0. The molecule has 0 saturated heterocycles. The molecule has 1 atom stereocenters. The Hall–Kier alpha value is -1.14. The summed E-state index contributed by atoms with van der Waals surface area (Å²) in [4.78, 5) is 0. The fourth-order valence-corrected chi connectivity index (χ4v) is 3.78. The van der Waals surface area contributed by atoms with Crippen LogP contribution in [0.1, 0.15) is 31.1 Å². The molecule has 2 rings (SSSR count). The van der Waals surface area contributed by atoms with E-state index >= 15 is 0 Å². The molecule has 0 saturated carbocycles. The Labute approximate surface area is 120 Å². The average molecular weight is 297 g/mol. The summed E-state index contributed by atoms with van der Waals surface area (Å²) in [5, 5.41) is 12.5. The smallest absolute Gasteiger partial charge is 0.206 e. The molecule has 1 heterocycles. The first-order valence-electron chi connectivity index (χ1n) is 6.22. The van der Waals surface area contributed by atoms with Crippen molar-refractivity contribution in [3.8, 4) is 0 Å². The van der Waals surface area contributed by atoms with E-state index in [2.05, 4.69) is 22.4 Å². The van der Waals surface area contributed by atoms with Gasteiger partial charge in [0.15, 0.2) is 4.34 Å². The molecule has 0 unspecified atom stereocenters. The summed E-state index contributed by atoms with van der Waals surface area (Å²) < 4.78 is 13.9. The van der Waals surface area contributed by atoms with Gasteiger partial charge in [-0.15, -0.1) is 10.2 Å².